The van der Waals surface area contributed by atoms with Crippen molar-refractivity contribution in [2.75, 3.05) is 36.4 Å². The molecule has 0 amide bonds. The van der Waals surface area contributed by atoms with Gasteiger partial charge in [-0.25, -0.2) is 9.37 Å². The Labute approximate surface area is 221 Å². The van der Waals surface area contributed by atoms with Crippen LogP contribution >= 0.6 is 0 Å². The van der Waals surface area contributed by atoms with E-state index in [1.54, 1.807) is 17.7 Å². The highest BCUT2D eigenvalue weighted by atomic mass is 19.1. The number of anilines is 3. The number of nitrogens with one attached hydrogen (secondary N) is 1. The first-order valence-electron chi connectivity index (χ1n) is 13.6. The molecular weight excluding hydrogens is 483 g/mol. The predicted molar refractivity (Wildman–Crippen MR) is 147 cm³/mol. The van der Waals surface area contributed by atoms with Crippen LogP contribution in [0.2, 0.25) is 0 Å². The molecule has 3 aromatic rings. The number of nitrogens with zero attached hydrogens (tertiary/aromatic N) is 5. The molecule has 38 heavy (non-hydrogen) atoms. The number of pyridine rings is 1. The van der Waals surface area contributed by atoms with Crippen molar-refractivity contribution in [1.29, 1.82) is 0 Å². The predicted octanol–water partition coefficient (Wildman–Crippen LogP) is 4.83. The summed E-state index contributed by atoms with van der Waals surface area (Å²) in [5.41, 5.74) is 2.50. The third kappa shape index (κ3) is 4.08. The quantitative estimate of drug-likeness (QED) is 0.468. The van der Waals surface area contributed by atoms with Crippen LogP contribution in [0.25, 0.3) is 11.0 Å². The van der Waals surface area contributed by atoms with Gasteiger partial charge in [0, 0.05) is 60.9 Å². The second-order valence-corrected chi connectivity index (χ2v) is 11.7. The van der Waals surface area contributed by atoms with Gasteiger partial charge in [-0.05, 0) is 64.3 Å². The van der Waals surface area contributed by atoms with Gasteiger partial charge in [0.15, 0.2) is 5.78 Å². The van der Waals surface area contributed by atoms with Crippen LogP contribution in [0.15, 0.2) is 29.2 Å². The summed E-state index contributed by atoms with van der Waals surface area (Å²) in [6, 6.07) is 5.69. The van der Waals surface area contributed by atoms with E-state index in [0.717, 1.165) is 51.9 Å². The summed E-state index contributed by atoms with van der Waals surface area (Å²) in [5.74, 6) is -0.242. The monoisotopic (exact) mass is 518 g/mol. The average molecular weight is 519 g/mol. The molecule has 2 aromatic heterocycles. The van der Waals surface area contributed by atoms with Crippen molar-refractivity contribution in [1.82, 2.24) is 19.4 Å². The zero-order chi connectivity index (χ0) is 26.8. The molecule has 9 heteroatoms. The van der Waals surface area contributed by atoms with E-state index in [4.69, 9.17) is 4.98 Å². The number of ketones is 1. The van der Waals surface area contributed by atoms with Gasteiger partial charge in [0.05, 0.1) is 11.3 Å². The highest BCUT2D eigenvalue weighted by molar-refractivity contribution is 5.99. The van der Waals surface area contributed by atoms with Gasteiger partial charge in [0.2, 0.25) is 5.95 Å². The van der Waals surface area contributed by atoms with E-state index >= 15 is 4.39 Å². The smallest absolute Gasteiger partial charge is 0.263 e. The minimum absolute atomic E-state index is 0.00582. The van der Waals surface area contributed by atoms with Crippen molar-refractivity contribution in [3.8, 4) is 0 Å². The van der Waals surface area contributed by atoms with Gasteiger partial charge in [-0.15, -0.1) is 0 Å². The first-order valence-corrected chi connectivity index (χ1v) is 13.6. The van der Waals surface area contributed by atoms with Crippen molar-refractivity contribution in [2.24, 2.45) is 5.41 Å². The average Bonchev–Trinajstić information content (AvgIpc) is 3.32. The molecule has 8 nitrogen and oxygen atoms in total. The fourth-order valence-corrected chi connectivity index (χ4v) is 6.59. The van der Waals surface area contributed by atoms with Crippen LogP contribution in [0.5, 0.6) is 0 Å². The summed E-state index contributed by atoms with van der Waals surface area (Å²) >= 11 is 0. The fraction of sp³-hybridized carbons (Fsp3) is 0.517. The zero-order valence-corrected chi connectivity index (χ0v) is 22.6. The Kier molecular flexibility index (Phi) is 6.01. The number of halogens is 1. The molecule has 2 saturated heterocycles. The number of carbonyl (C=O) groups is 1. The molecule has 2 aliphatic heterocycles. The lowest BCUT2D eigenvalue weighted by Gasteiger charge is -2.62. The van der Waals surface area contributed by atoms with E-state index in [1.807, 2.05) is 12.1 Å². The number of aryl methyl sites for hydroxylation is 1. The van der Waals surface area contributed by atoms with E-state index < -0.39 is 0 Å². The van der Waals surface area contributed by atoms with Gasteiger partial charge in [-0.3, -0.25) is 19.1 Å². The van der Waals surface area contributed by atoms with Gasteiger partial charge in [-0.1, -0.05) is 12.8 Å². The van der Waals surface area contributed by atoms with Crippen LogP contribution in [0.3, 0.4) is 0 Å². The van der Waals surface area contributed by atoms with Gasteiger partial charge in [0.25, 0.3) is 5.56 Å². The van der Waals surface area contributed by atoms with Crippen molar-refractivity contribution < 1.29 is 9.18 Å². The molecule has 1 aliphatic carbocycles. The summed E-state index contributed by atoms with van der Waals surface area (Å²) in [4.78, 5) is 39.5. The first kappa shape index (κ1) is 25.0. The van der Waals surface area contributed by atoms with Gasteiger partial charge in [-0.2, -0.15) is 4.98 Å². The van der Waals surface area contributed by atoms with E-state index in [1.165, 1.54) is 13.0 Å². The van der Waals surface area contributed by atoms with Crippen molar-refractivity contribution in [3.05, 3.63) is 51.7 Å². The van der Waals surface area contributed by atoms with E-state index in [-0.39, 0.29) is 34.7 Å². The standard InChI is InChI=1S/C29H35FN6O2/c1-17(2)34-13-29(14-34)15-35(16-29)24-10-9-20(11-23(24)30)32-28-31-12-22-18(3)25(19(4)37)27(38)36(26(22)33-28)21-7-5-6-8-21/h9-12,17,21H,5-8,13-16H2,1-4H3,(H,31,32,33). The fourth-order valence-electron chi connectivity index (χ4n) is 6.59. The molecule has 0 atom stereocenters. The Morgan fingerprint density at radius 3 is 2.50 bits per heavy atom. The number of likely N-dealkylation sites (tertiary alicyclic amines) is 1. The lowest BCUT2D eigenvalue weighted by molar-refractivity contribution is -0.0413. The molecule has 3 fully saturated rings. The van der Waals surface area contributed by atoms with E-state index in [2.05, 4.69) is 33.9 Å². The molecule has 200 valence electrons. The van der Waals surface area contributed by atoms with E-state index in [0.29, 0.717) is 39.4 Å². The Morgan fingerprint density at radius 2 is 1.87 bits per heavy atom. The molecule has 4 heterocycles. The highest BCUT2D eigenvalue weighted by Gasteiger charge is 2.52. The number of hydrogen-bond acceptors (Lipinski definition) is 7. The zero-order valence-electron chi connectivity index (χ0n) is 22.6. The van der Waals surface area contributed by atoms with E-state index in [9.17, 15) is 9.59 Å². The Hall–Kier alpha value is -3.33. The minimum Gasteiger partial charge on any atom is -0.368 e. The SMILES string of the molecule is CC(=O)c1c(C)c2cnc(Nc3ccc(N4CC5(C4)CN(C(C)C)C5)c(F)c3)nc2n(C2CCCC2)c1=O. The summed E-state index contributed by atoms with van der Waals surface area (Å²) in [6.45, 7) is 11.6. The molecule has 1 saturated carbocycles. The number of Topliss-reactive ketones (excluding diaryl/α,β-unsaturated/α-hetero) is 1. The summed E-state index contributed by atoms with van der Waals surface area (Å²) in [7, 11) is 0. The lowest BCUT2D eigenvalue weighted by Crippen LogP contribution is -2.73. The third-order valence-corrected chi connectivity index (χ3v) is 8.65. The molecule has 1 aromatic carbocycles. The number of carbonyl (C=O) groups excluding carboxylic acids is 1. The lowest BCUT2D eigenvalue weighted by atomic mass is 9.72. The molecule has 1 spiro atoms. The Morgan fingerprint density at radius 1 is 1.16 bits per heavy atom. The maximum absolute atomic E-state index is 15.1. The Balaban J connectivity index is 1.26. The molecular formula is C29H35FN6O2. The molecule has 3 aliphatic rings. The van der Waals surface area contributed by atoms with Gasteiger partial charge in [0.1, 0.15) is 11.5 Å². The molecule has 1 N–H and O–H groups in total. The van der Waals surface area contributed by atoms with Crippen molar-refractivity contribution in [2.45, 2.75) is 65.5 Å². The first-order chi connectivity index (χ1) is 18.2. The van der Waals surface area contributed by atoms with Crippen LogP contribution < -0.4 is 15.8 Å². The van der Waals surface area contributed by atoms with Crippen LogP contribution in [0, 0.1) is 18.2 Å². The van der Waals surface area contributed by atoms with Crippen LogP contribution in [0.4, 0.5) is 21.7 Å². The van der Waals surface area contributed by atoms with Crippen LogP contribution in [-0.4, -0.2) is 57.4 Å². The van der Waals surface area contributed by atoms with Gasteiger partial charge < -0.3 is 10.2 Å². The van der Waals surface area contributed by atoms with Crippen molar-refractivity contribution in [3.63, 3.8) is 0 Å². The summed E-state index contributed by atoms with van der Waals surface area (Å²) in [5, 5.41) is 3.81. The number of rotatable bonds is 6. The summed E-state index contributed by atoms with van der Waals surface area (Å²) < 4.78 is 16.8. The molecule has 0 bridgehead atoms. The number of benzene rings is 1. The van der Waals surface area contributed by atoms with Crippen LogP contribution in [0.1, 0.15) is 68.4 Å². The second kappa shape index (κ2) is 9.15. The molecule has 0 unspecified atom stereocenters. The highest BCUT2D eigenvalue weighted by Crippen LogP contribution is 2.43. The summed E-state index contributed by atoms with van der Waals surface area (Å²) in [6.07, 6.45) is 5.49. The van der Waals surface area contributed by atoms with Crippen LogP contribution in [-0.2, 0) is 0 Å². The number of fused-ring (bicyclic) bond motifs is 1. The van der Waals surface area contributed by atoms with Crippen molar-refractivity contribution >= 4 is 34.1 Å². The minimum atomic E-state index is -0.287. The normalized spacial score (nSPS) is 19.3. The second-order valence-electron chi connectivity index (χ2n) is 11.7. The number of aromatic nitrogens is 3. The number of hydrogen-bond donors (Lipinski definition) is 1. The van der Waals surface area contributed by atoms with Gasteiger partial charge >= 0.3 is 0 Å². The molecule has 0 radical (unpaired) electrons. The largest absolute Gasteiger partial charge is 0.368 e. The third-order valence-electron chi connectivity index (χ3n) is 8.65. The maximum atomic E-state index is 15.1. The molecule has 6 rings (SSSR count). The Bertz CT molecular complexity index is 1480. The maximum Gasteiger partial charge on any atom is 0.263 e. The topological polar surface area (TPSA) is 83.4 Å².